The zero-order valence-corrected chi connectivity index (χ0v) is 6.39. The maximum absolute atomic E-state index is 10.4. The van der Waals surface area contributed by atoms with Crippen molar-refractivity contribution in [3.8, 4) is 6.07 Å². The highest BCUT2D eigenvalue weighted by molar-refractivity contribution is 5.87. The number of carboxylic acid groups (broad SMARTS) is 1. The molecule has 1 rings (SSSR count). The first-order valence-electron chi connectivity index (χ1n) is 3.28. The predicted octanol–water partition coefficient (Wildman–Crippen LogP) is 0.464. The largest absolute Gasteiger partial charge is 0.477 e. The van der Waals surface area contributed by atoms with Crippen LogP contribution in [-0.4, -0.2) is 22.3 Å². The molecule has 1 aromatic heterocycles. The van der Waals surface area contributed by atoms with Crippen molar-refractivity contribution in [1.82, 2.24) is 4.98 Å². The highest BCUT2D eigenvalue weighted by Gasteiger charge is 2.07. The van der Waals surface area contributed by atoms with Crippen molar-refractivity contribution in [2.45, 2.75) is 0 Å². The lowest BCUT2D eigenvalue weighted by Gasteiger charge is -1.95. The van der Waals surface area contributed by atoms with Gasteiger partial charge in [0.05, 0.1) is 11.6 Å². The van der Waals surface area contributed by atoms with Gasteiger partial charge < -0.3 is 5.11 Å². The summed E-state index contributed by atoms with van der Waals surface area (Å²) in [6.07, 6.45) is 0.396. The van der Waals surface area contributed by atoms with E-state index in [2.05, 4.69) is 4.98 Å². The topological polar surface area (TPSA) is 91.0 Å². The van der Waals surface area contributed by atoms with Crippen LogP contribution in [0, 0.1) is 11.3 Å². The Morgan fingerprint density at radius 1 is 1.62 bits per heavy atom. The van der Waals surface area contributed by atoms with Crippen molar-refractivity contribution in [3.63, 3.8) is 0 Å². The molecular weight excluding hydrogens is 172 g/mol. The fraction of sp³-hybridized carbons (Fsp3) is 0. The van der Waals surface area contributed by atoms with Crippen molar-refractivity contribution in [2.75, 3.05) is 0 Å². The molecule has 0 bridgehead atoms. The quantitative estimate of drug-likeness (QED) is 0.661. The summed E-state index contributed by atoms with van der Waals surface area (Å²) >= 11 is 0. The van der Waals surface area contributed by atoms with Crippen LogP contribution in [0.1, 0.15) is 26.5 Å². The lowest BCUT2D eigenvalue weighted by Crippen LogP contribution is -2.03. The van der Waals surface area contributed by atoms with Crippen LogP contribution in [0.25, 0.3) is 0 Å². The second kappa shape index (κ2) is 3.45. The van der Waals surface area contributed by atoms with Crippen LogP contribution in [0.4, 0.5) is 0 Å². The first-order valence-corrected chi connectivity index (χ1v) is 3.28. The molecule has 0 aliphatic carbocycles. The van der Waals surface area contributed by atoms with E-state index >= 15 is 0 Å². The number of pyridine rings is 1. The highest BCUT2D eigenvalue weighted by Crippen LogP contribution is 2.03. The molecule has 5 heteroatoms. The average molecular weight is 176 g/mol. The number of carboxylic acids is 1. The third-order valence-corrected chi connectivity index (χ3v) is 1.31. The first kappa shape index (κ1) is 8.87. The second-order valence-corrected chi connectivity index (χ2v) is 2.20. The Kier molecular flexibility index (Phi) is 2.36. The molecule has 0 atom stereocenters. The molecule has 0 aliphatic rings. The van der Waals surface area contributed by atoms with Crippen molar-refractivity contribution in [2.24, 2.45) is 0 Å². The molecule has 1 N–H and O–H groups in total. The Bertz CT molecular complexity index is 406. The van der Waals surface area contributed by atoms with Gasteiger partial charge in [-0.2, -0.15) is 5.26 Å². The smallest absolute Gasteiger partial charge is 0.354 e. The molecule has 64 valence electrons. The van der Waals surface area contributed by atoms with Gasteiger partial charge in [-0.15, -0.1) is 0 Å². The van der Waals surface area contributed by atoms with Gasteiger partial charge in [0.2, 0.25) is 0 Å². The van der Waals surface area contributed by atoms with Gasteiger partial charge in [0, 0.05) is 0 Å². The molecule has 13 heavy (non-hydrogen) atoms. The number of aromatic nitrogens is 1. The van der Waals surface area contributed by atoms with E-state index in [4.69, 9.17) is 10.4 Å². The first-order chi connectivity index (χ1) is 6.17. The highest BCUT2D eigenvalue weighted by atomic mass is 16.4. The third kappa shape index (κ3) is 1.87. The second-order valence-electron chi connectivity index (χ2n) is 2.20. The fourth-order valence-corrected chi connectivity index (χ4v) is 0.786. The summed E-state index contributed by atoms with van der Waals surface area (Å²) in [5.74, 6) is -1.26. The van der Waals surface area contributed by atoms with Gasteiger partial charge in [-0.05, 0) is 12.1 Å². The summed E-state index contributed by atoms with van der Waals surface area (Å²) in [6.45, 7) is 0. The standard InChI is InChI=1S/C8H4N2O3/c9-3-5-1-6(4-11)10-7(2-5)8(12)13/h1-2,4H,(H,12,13). The molecule has 1 aromatic rings. The summed E-state index contributed by atoms with van der Waals surface area (Å²) in [5.41, 5.74) is -0.257. The van der Waals surface area contributed by atoms with Gasteiger partial charge in [-0.25, -0.2) is 9.78 Å². The fourth-order valence-electron chi connectivity index (χ4n) is 0.786. The summed E-state index contributed by atoms with van der Waals surface area (Å²) in [7, 11) is 0. The number of hydrogen-bond donors (Lipinski definition) is 1. The molecular formula is C8H4N2O3. The average Bonchev–Trinajstić information content (AvgIpc) is 2.16. The van der Waals surface area contributed by atoms with Gasteiger partial charge in [0.15, 0.2) is 6.29 Å². The van der Waals surface area contributed by atoms with E-state index in [0.29, 0.717) is 6.29 Å². The molecule has 0 saturated heterocycles. The molecule has 5 nitrogen and oxygen atoms in total. The number of carbonyl (C=O) groups is 2. The number of aromatic carboxylic acids is 1. The lowest BCUT2D eigenvalue weighted by atomic mass is 10.2. The van der Waals surface area contributed by atoms with E-state index in [0.717, 1.165) is 6.07 Å². The van der Waals surface area contributed by atoms with Crippen molar-refractivity contribution in [1.29, 1.82) is 5.26 Å². The van der Waals surface area contributed by atoms with Crippen LogP contribution in [0.5, 0.6) is 0 Å². The Hall–Kier alpha value is -2.22. The summed E-state index contributed by atoms with van der Waals surface area (Å²) < 4.78 is 0. The van der Waals surface area contributed by atoms with Gasteiger partial charge in [0.1, 0.15) is 11.4 Å². The Morgan fingerprint density at radius 3 is 2.77 bits per heavy atom. The molecule has 0 fully saturated rings. The van der Waals surface area contributed by atoms with Gasteiger partial charge in [-0.3, -0.25) is 4.79 Å². The predicted molar refractivity (Wildman–Crippen MR) is 41.3 cm³/mol. The summed E-state index contributed by atoms with van der Waals surface area (Å²) in [4.78, 5) is 24.2. The number of nitrogens with zero attached hydrogens (tertiary/aromatic N) is 2. The molecule has 0 radical (unpaired) electrons. The summed E-state index contributed by atoms with van der Waals surface area (Å²) in [5, 5.41) is 17.0. The minimum atomic E-state index is -1.26. The van der Waals surface area contributed by atoms with E-state index < -0.39 is 5.97 Å². The van der Waals surface area contributed by atoms with Crippen LogP contribution in [-0.2, 0) is 0 Å². The molecule has 0 spiro atoms. The number of rotatable bonds is 2. The molecule has 0 aromatic carbocycles. The van der Waals surface area contributed by atoms with E-state index in [1.165, 1.54) is 6.07 Å². The Balaban J connectivity index is 3.32. The van der Waals surface area contributed by atoms with Crippen LogP contribution in [0.2, 0.25) is 0 Å². The van der Waals surface area contributed by atoms with Crippen LogP contribution >= 0.6 is 0 Å². The zero-order chi connectivity index (χ0) is 9.84. The number of hydrogen-bond acceptors (Lipinski definition) is 4. The molecule has 0 unspecified atom stereocenters. The van der Waals surface area contributed by atoms with E-state index in [9.17, 15) is 9.59 Å². The van der Waals surface area contributed by atoms with Crippen molar-refractivity contribution >= 4 is 12.3 Å². The van der Waals surface area contributed by atoms with Gasteiger partial charge in [0.25, 0.3) is 0 Å². The number of nitriles is 1. The van der Waals surface area contributed by atoms with Gasteiger partial charge in [-0.1, -0.05) is 0 Å². The number of carbonyl (C=O) groups excluding carboxylic acids is 1. The van der Waals surface area contributed by atoms with Crippen molar-refractivity contribution < 1.29 is 14.7 Å². The van der Waals surface area contributed by atoms with Crippen LogP contribution in [0.15, 0.2) is 12.1 Å². The molecule has 1 heterocycles. The lowest BCUT2D eigenvalue weighted by molar-refractivity contribution is 0.0690. The van der Waals surface area contributed by atoms with Crippen LogP contribution < -0.4 is 0 Å². The van der Waals surface area contributed by atoms with E-state index in [1.54, 1.807) is 6.07 Å². The minimum absolute atomic E-state index is 0.0588. The van der Waals surface area contributed by atoms with E-state index in [-0.39, 0.29) is 17.0 Å². The summed E-state index contributed by atoms with van der Waals surface area (Å²) in [6, 6.07) is 4.06. The third-order valence-electron chi connectivity index (χ3n) is 1.31. The minimum Gasteiger partial charge on any atom is -0.477 e. The zero-order valence-electron chi connectivity index (χ0n) is 6.39. The van der Waals surface area contributed by atoms with E-state index in [1.807, 2.05) is 0 Å². The van der Waals surface area contributed by atoms with Crippen molar-refractivity contribution in [3.05, 3.63) is 29.1 Å². The molecule has 0 saturated carbocycles. The Morgan fingerprint density at radius 2 is 2.31 bits per heavy atom. The van der Waals surface area contributed by atoms with Crippen LogP contribution in [0.3, 0.4) is 0 Å². The number of aldehydes is 1. The monoisotopic (exact) mass is 176 g/mol. The SMILES string of the molecule is N#Cc1cc(C=O)nc(C(=O)O)c1. The maximum Gasteiger partial charge on any atom is 0.354 e. The van der Waals surface area contributed by atoms with Gasteiger partial charge >= 0.3 is 5.97 Å². The molecule has 0 amide bonds. The Labute approximate surface area is 73.3 Å². The maximum atomic E-state index is 10.4. The molecule has 0 aliphatic heterocycles. The normalized spacial score (nSPS) is 8.85.